The molecule has 8 heteroatoms. The number of amidine groups is 1. The number of nitrogens with one attached hydrogen (secondary N) is 2. The Labute approximate surface area is 187 Å². The van der Waals surface area contributed by atoms with Crippen molar-refractivity contribution in [3.8, 4) is 0 Å². The summed E-state index contributed by atoms with van der Waals surface area (Å²) in [6, 6.07) is 13.0. The number of benzene rings is 2. The maximum absolute atomic E-state index is 12.7. The Morgan fingerprint density at radius 2 is 1.66 bits per heavy atom. The molecule has 0 radical (unpaired) electrons. The lowest BCUT2D eigenvalue weighted by Gasteiger charge is -2.34. The second kappa shape index (κ2) is 9.50. The zero-order chi connectivity index (χ0) is 22.7. The van der Waals surface area contributed by atoms with E-state index >= 15 is 0 Å². The van der Waals surface area contributed by atoms with E-state index in [1.807, 2.05) is 35.2 Å². The van der Waals surface area contributed by atoms with E-state index in [-0.39, 0.29) is 12.5 Å². The van der Waals surface area contributed by atoms with Crippen molar-refractivity contribution in [2.75, 3.05) is 51.6 Å². The number of hydrogen-bond donors (Lipinski definition) is 3. The summed E-state index contributed by atoms with van der Waals surface area (Å²) < 4.78 is 0. The van der Waals surface area contributed by atoms with Gasteiger partial charge in [0.05, 0.1) is 6.54 Å². The molecule has 0 unspecified atom stereocenters. The summed E-state index contributed by atoms with van der Waals surface area (Å²) in [4.78, 5) is 29.9. The van der Waals surface area contributed by atoms with Gasteiger partial charge in [0, 0.05) is 56.1 Å². The lowest BCUT2D eigenvalue weighted by molar-refractivity contribution is -0.138. The molecule has 1 amide bonds. The number of carbonyl (C=O) groups excluding carboxylic acids is 1. The molecule has 2 heterocycles. The normalized spacial score (nSPS) is 17.0. The average Bonchev–Trinajstić information content (AvgIpc) is 2.79. The predicted octanol–water partition coefficient (Wildman–Crippen LogP) is 1.95. The standard InChI is InChI=1S/C24H29N5O3/c1-27-10-12-29(13-11-27)23(25)17-2-4-18(5-3-17)24(32)26-21-7-6-20-15-28(16-22(30)31)9-8-19(20)14-21/h2-7,14,25H,8-13,15-16H2,1H3,(H,26,32)(H,30,31). The molecule has 4 rings (SSSR count). The Balaban J connectivity index is 1.37. The van der Waals surface area contributed by atoms with Crippen molar-refractivity contribution in [2.24, 2.45) is 0 Å². The minimum atomic E-state index is -0.818. The molecule has 2 aromatic rings. The van der Waals surface area contributed by atoms with Crippen molar-refractivity contribution in [3.05, 3.63) is 64.7 Å². The summed E-state index contributed by atoms with van der Waals surface area (Å²) in [6.07, 6.45) is 0.759. The van der Waals surface area contributed by atoms with Crippen molar-refractivity contribution in [3.63, 3.8) is 0 Å². The van der Waals surface area contributed by atoms with Crippen LogP contribution in [-0.4, -0.2) is 83.8 Å². The van der Waals surface area contributed by atoms with Crippen LogP contribution in [0.25, 0.3) is 0 Å². The molecule has 2 aliphatic rings. The Morgan fingerprint density at radius 3 is 2.34 bits per heavy atom. The van der Waals surface area contributed by atoms with E-state index in [0.29, 0.717) is 24.5 Å². The van der Waals surface area contributed by atoms with E-state index < -0.39 is 5.97 Å². The van der Waals surface area contributed by atoms with Gasteiger partial charge in [-0.05, 0) is 48.9 Å². The summed E-state index contributed by atoms with van der Waals surface area (Å²) >= 11 is 0. The topological polar surface area (TPSA) is 100.0 Å². The van der Waals surface area contributed by atoms with Crippen LogP contribution in [0.4, 0.5) is 5.69 Å². The second-order valence-electron chi connectivity index (χ2n) is 8.51. The maximum atomic E-state index is 12.7. The molecule has 0 aliphatic carbocycles. The number of carbonyl (C=O) groups is 2. The van der Waals surface area contributed by atoms with Gasteiger partial charge in [0.25, 0.3) is 5.91 Å². The van der Waals surface area contributed by atoms with Crippen molar-refractivity contribution < 1.29 is 14.7 Å². The third-order valence-corrected chi connectivity index (χ3v) is 6.15. The van der Waals surface area contributed by atoms with Crippen LogP contribution < -0.4 is 5.32 Å². The molecule has 8 nitrogen and oxygen atoms in total. The molecule has 2 aromatic carbocycles. The minimum Gasteiger partial charge on any atom is -0.480 e. The van der Waals surface area contributed by atoms with Gasteiger partial charge in [-0.25, -0.2) is 0 Å². The summed E-state index contributed by atoms with van der Waals surface area (Å²) in [5.74, 6) is -0.510. The summed E-state index contributed by atoms with van der Waals surface area (Å²) in [5.41, 5.74) is 4.33. The van der Waals surface area contributed by atoms with Gasteiger partial charge >= 0.3 is 5.97 Å². The van der Waals surface area contributed by atoms with Crippen molar-refractivity contribution in [1.29, 1.82) is 5.41 Å². The Bertz CT molecular complexity index is 1010. The fourth-order valence-electron chi connectivity index (χ4n) is 4.21. The number of nitrogens with zero attached hydrogens (tertiary/aromatic N) is 3. The van der Waals surface area contributed by atoms with Crippen LogP contribution in [0.3, 0.4) is 0 Å². The van der Waals surface area contributed by atoms with Gasteiger partial charge in [-0.15, -0.1) is 0 Å². The van der Waals surface area contributed by atoms with Gasteiger partial charge in [-0.1, -0.05) is 18.2 Å². The number of likely N-dealkylation sites (N-methyl/N-ethyl adjacent to an activating group) is 1. The highest BCUT2D eigenvalue weighted by molar-refractivity contribution is 6.05. The highest BCUT2D eigenvalue weighted by Crippen LogP contribution is 2.23. The van der Waals surface area contributed by atoms with Crippen LogP contribution >= 0.6 is 0 Å². The van der Waals surface area contributed by atoms with Gasteiger partial charge in [0.1, 0.15) is 5.84 Å². The Hall–Kier alpha value is -3.23. The van der Waals surface area contributed by atoms with E-state index in [9.17, 15) is 9.59 Å². The summed E-state index contributed by atoms with van der Waals surface area (Å²) in [5, 5.41) is 20.4. The fourth-order valence-corrected chi connectivity index (χ4v) is 4.21. The number of piperazine rings is 1. The van der Waals surface area contributed by atoms with Crippen LogP contribution in [0.2, 0.25) is 0 Å². The van der Waals surface area contributed by atoms with Gasteiger partial charge in [-0.2, -0.15) is 0 Å². The van der Waals surface area contributed by atoms with E-state index in [1.165, 1.54) is 0 Å². The number of rotatable bonds is 5. The van der Waals surface area contributed by atoms with Crippen LogP contribution in [-0.2, 0) is 17.8 Å². The molecule has 32 heavy (non-hydrogen) atoms. The third kappa shape index (κ3) is 5.15. The van der Waals surface area contributed by atoms with Gasteiger partial charge < -0.3 is 20.2 Å². The number of fused-ring (bicyclic) bond motifs is 1. The lowest BCUT2D eigenvalue weighted by Crippen LogP contribution is -2.47. The molecule has 2 aliphatic heterocycles. The van der Waals surface area contributed by atoms with Crippen molar-refractivity contribution in [1.82, 2.24) is 14.7 Å². The Morgan fingerprint density at radius 1 is 0.969 bits per heavy atom. The maximum Gasteiger partial charge on any atom is 0.317 e. The highest BCUT2D eigenvalue weighted by Gasteiger charge is 2.20. The first-order valence-corrected chi connectivity index (χ1v) is 10.9. The van der Waals surface area contributed by atoms with E-state index in [1.54, 1.807) is 12.1 Å². The van der Waals surface area contributed by atoms with Gasteiger partial charge in [0.2, 0.25) is 0 Å². The largest absolute Gasteiger partial charge is 0.480 e. The number of carboxylic acids is 1. The first-order valence-electron chi connectivity index (χ1n) is 10.9. The van der Waals surface area contributed by atoms with Gasteiger partial charge in [-0.3, -0.25) is 19.9 Å². The first-order chi connectivity index (χ1) is 15.4. The predicted molar refractivity (Wildman–Crippen MR) is 123 cm³/mol. The van der Waals surface area contributed by atoms with E-state index in [2.05, 4.69) is 22.2 Å². The zero-order valence-electron chi connectivity index (χ0n) is 18.3. The summed E-state index contributed by atoms with van der Waals surface area (Å²) in [7, 11) is 2.09. The molecule has 0 atom stereocenters. The monoisotopic (exact) mass is 435 g/mol. The van der Waals surface area contributed by atoms with Crippen LogP contribution in [0, 0.1) is 5.41 Å². The van der Waals surface area contributed by atoms with Crippen molar-refractivity contribution in [2.45, 2.75) is 13.0 Å². The molecule has 1 fully saturated rings. The molecular weight excluding hydrogens is 406 g/mol. The summed E-state index contributed by atoms with van der Waals surface area (Å²) in [6.45, 7) is 4.91. The smallest absolute Gasteiger partial charge is 0.317 e. The third-order valence-electron chi connectivity index (χ3n) is 6.15. The Kier molecular flexibility index (Phi) is 6.53. The van der Waals surface area contributed by atoms with Crippen molar-refractivity contribution >= 4 is 23.4 Å². The highest BCUT2D eigenvalue weighted by atomic mass is 16.4. The second-order valence-corrected chi connectivity index (χ2v) is 8.51. The molecule has 3 N–H and O–H groups in total. The van der Waals surface area contributed by atoms with Crippen LogP contribution in [0.5, 0.6) is 0 Å². The fraction of sp³-hybridized carbons (Fsp3) is 0.375. The molecule has 0 saturated carbocycles. The van der Waals surface area contributed by atoms with E-state index in [0.717, 1.165) is 55.0 Å². The lowest BCUT2D eigenvalue weighted by atomic mass is 9.99. The van der Waals surface area contributed by atoms with Crippen LogP contribution in [0.15, 0.2) is 42.5 Å². The SMILES string of the molecule is CN1CCN(C(=N)c2ccc(C(=O)Nc3ccc4c(c3)CCN(CC(=O)O)C4)cc2)CC1. The van der Waals surface area contributed by atoms with Crippen LogP contribution in [0.1, 0.15) is 27.0 Å². The number of hydrogen-bond acceptors (Lipinski definition) is 5. The van der Waals surface area contributed by atoms with Gasteiger partial charge in [0.15, 0.2) is 0 Å². The van der Waals surface area contributed by atoms with E-state index in [4.69, 9.17) is 10.5 Å². The molecule has 0 bridgehead atoms. The molecule has 0 aromatic heterocycles. The number of aliphatic carboxylic acids is 1. The quantitative estimate of drug-likeness (QED) is 0.490. The molecule has 1 saturated heterocycles. The molecule has 0 spiro atoms. The minimum absolute atomic E-state index is 0.0419. The first kappa shape index (κ1) is 22.0. The number of amides is 1. The zero-order valence-corrected chi connectivity index (χ0v) is 18.3. The molecule has 168 valence electrons. The molecular formula is C24H29N5O3. The number of carboxylic acid groups (broad SMARTS) is 1. The average molecular weight is 436 g/mol. The number of anilines is 1.